The van der Waals surface area contributed by atoms with Crippen molar-refractivity contribution in [1.29, 1.82) is 0 Å². The summed E-state index contributed by atoms with van der Waals surface area (Å²) in [5.74, 6) is 1.86. The Morgan fingerprint density at radius 2 is 2.00 bits per heavy atom. The van der Waals surface area contributed by atoms with Gasteiger partial charge in [0.2, 0.25) is 5.91 Å². The van der Waals surface area contributed by atoms with Crippen molar-refractivity contribution < 1.29 is 9.53 Å². The normalized spacial score (nSPS) is 10.9. The zero-order chi connectivity index (χ0) is 18.5. The number of imidazole rings is 1. The Labute approximate surface area is 154 Å². The molecule has 1 N–H and O–H groups in total. The van der Waals surface area contributed by atoms with Gasteiger partial charge in [0, 0.05) is 19.9 Å². The summed E-state index contributed by atoms with van der Waals surface area (Å²) in [6.07, 6.45) is 0.692. The monoisotopic (exact) mass is 351 g/mol. The molecule has 0 bridgehead atoms. The maximum Gasteiger partial charge on any atom is 0.216 e. The lowest BCUT2D eigenvalue weighted by Crippen LogP contribution is -2.24. The van der Waals surface area contributed by atoms with Crippen LogP contribution in [0.2, 0.25) is 0 Å². The summed E-state index contributed by atoms with van der Waals surface area (Å²) in [4.78, 5) is 15.8. The van der Waals surface area contributed by atoms with Crippen molar-refractivity contribution in [1.82, 2.24) is 14.9 Å². The van der Waals surface area contributed by atoms with Crippen molar-refractivity contribution in [3.8, 4) is 5.75 Å². The molecule has 26 heavy (non-hydrogen) atoms. The van der Waals surface area contributed by atoms with Crippen molar-refractivity contribution >= 4 is 16.9 Å². The fourth-order valence-electron chi connectivity index (χ4n) is 3.12. The molecule has 3 aromatic rings. The summed E-state index contributed by atoms with van der Waals surface area (Å²) < 4.78 is 8.17. The molecule has 1 heterocycles. The summed E-state index contributed by atoms with van der Waals surface area (Å²) in [6.45, 7) is 7.53. The molecular formula is C21H25N3O2. The van der Waals surface area contributed by atoms with E-state index in [1.165, 1.54) is 12.5 Å². The minimum atomic E-state index is -0.0224. The lowest BCUT2D eigenvalue weighted by Gasteiger charge is -2.13. The maximum atomic E-state index is 11.1. The third kappa shape index (κ3) is 4.23. The van der Waals surface area contributed by atoms with E-state index in [1.54, 1.807) is 0 Å². The SMILES string of the molecule is CC(=O)NCCc1nc2ccccc2n1CCOc1ccc(C)cc1C. The molecule has 5 nitrogen and oxygen atoms in total. The van der Waals surface area contributed by atoms with Crippen LogP contribution in [0, 0.1) is 13.8 Å². The van der Waals surface area contributed by atoms with Crippen LogP contribution in [0.4, 0.5) is 0 Å². The second-order valence-electron chi connectivity index (χ2n) is 6.52. The zero-order valence-electron chi connectivity index (χ0n) is 15.6. The number of fused-ring (bicyclic) bond motifs is 1. The Morgan fingerprint density at radius 3 is 2.77 bits per heavy atom. The van der Waals surface area contributed by atoms with Crippen LogP contribution in [0.3, 0.4) is 0 Å². The van der Waals surface area contributed by atoms with Gasteiger partial charge in [0.1, 0.15) is 18.2 Å². The molecule has 0 aliphatic rings. The zero-order valence-corrected chi connectivity index (χ0v) is 15.6. The summed E-state index contributed by atoms with van der Waals surface area (Å²) in [6, 6.07) is 14.3. The number of amides is 1. The van der Waals surface area contributed by atoms with Crippen LogP contribution in [-0.4, -0.2) is 28.6 Å². The summed E-state index contributed by atoms with van der Waals surface area (Å²) in [5.41, 5.74) is 4.44. The van der Waals surface area contributed by atoms with Crippen LogP contribution in [-0.2, 0) is 17.8 Å². The number of ether oxygens (including phenoxy) is 1. The minimum Gasteiger partial charge on any atom is -0.491 e. The first-order chi connectivity index (χ1) is 12.5. The van der Waals surface area contributed by atoms with E-state index in [0.29, 0.717) is 26.1 Å². The summed E-state index contributed by atoms with van der Waals surface area (Å²) >= 11 is 0. The van der Waals surface area contributed by atoms with Crippen LogP contribution in [0.1, 0.15) is 23.9 Å². The predicted octanol–water partition coefficient (Wildman–Crippen LogP) is 3.41. The van der Waals surface area contributed by atoms with E-state index in [1.807, 2.05) is 24.3 Å². The number of aryl methyl sites for hydroxylation is 2. The second kappa shape index (κ2) is 8.04. The molecule has 0 aliphatic carbocycles. The van der Waals surface area contributed by atoms with Gasteiger partial charge in [0.15, 0.2) is 0 Å². The fourth-order valence-corrected chi connectivity index (χ4v) is 3.12. The number of nitrogens with zero attached hydrogens (tertiary/aromatic N) is 2. The smallest absolute Gasteiger partial charge is 0.216 e. The molecule has 136 valence electrons. The summed E-state index contributed by atoms with van der Waals surface area (Å²) in [5, 5.41) is 2.84. The highest BCUT2D eigenvalue weighted by Crippen LogP contribution is 2.20. The van der Waals surface area contributed by atoms with E-state index in [9.17, 15) is 4.79 Å². The van der Waals surface area contributed by atoms with Gasteiger partial charge in [-0.05, 0) is 37.6 Å². The number of aromatic nitrogens is 2. The first kappa shape index (κ1) is 18.0. The van der Waals surface area contributed by atoms with Crippen molar-refractivity contribution in [2.75, 3.05) is 13.2 Å². The average molecular weight is 351 g/mol. The van der Waals surface area contributed by atoms with Crippen LogP contribution in [0.15, 0.2) is 42.5 Å². The highest BCUT2D eigenvalue weighted by atomic mass is 16.5. The number of hydrogen-bond donors (Lipinski definition) is 1. The third-order valence-corrected chi connectivity index (χ3v) is 4.36. The first-order valence-corrected chi connectivity index (χ1v) is 8.93. The van der Waals surface area contributed by atoms with E-state index in [4.69, 9.17) is 9.72 Å². The van der Waals surface area contributed by atoms with Gasteiger partial charge in [-0.1, -0.05) is 29.8 Å². The molecule has 1 aromatic heterocycles. The Bertz CT molecular complexity index is 915. The van der Waals surface area contributed by atoms with E-state index in [0.717, 1.165) is 28.2 Å². The lowest BCUT2D eigenvalue weighted by molar-refractivity contribution is -0.118. The maximum absolute atomic E-state index is 11.1. The Kier molecular flexibility index (Phi) is 5.56. The quantitative estimate of drug-likeness (QED) is 0.710. The molecule has 0 aliphatic heterocycles. The largest absolute Gasteiger partial charge is 0.491 e. The molecule has 0 saturated heterocycles. The number of para-hydroxylation sites is 2. The minimum absolute atomic E-state index is 0.0224. The number of carbonyl (C=O) groups excluding carboxylic acids is 1. The highest BCUT2D eigenvalue weighted by molar-refractivity contribution is 5.76. The number of benzene rings is 2. The molecule has 2 aromatic carbocycles. The van der Waals surface area contributed by atoms with Gasteiger partial charge in [-0.3, -0.25) is 4.79 Å². The molecule has 0 unspecified atom stereocenters. The van der Waals surface area contributed by atoms with Crippen LogP contribution < -0.4 is 10.1 Å². The van der Waals surface area contributed by atoms with Gasteiger partial charge in [0.25, 0.3) is 0 Å². The lowest BCUT2D eigenvalue weighted by atomic mass is 10.1. The molecule has 0 spiro atoms. The molecule has 0 saturated carbocycles. The van der Waals surface area contributed by atoms with Gasteiger partial charge in [-0.2, -0.15) is 0 Å². The fraction of sp³-hybridized carbons (Fsp3) is 0.333. The van der Waals surface area contributed by atoms with Gasteiger partial charge in [-0.25, -0.2) is 4.98 Å². The van der Waals surface area contributed by atoms with Crippen LogP contribution >= 0.6 is 0 Å². The standard InChI is InChI=1S/C21H25N3O2/c1-15-8-9-20(16(2)14-15)26-13-12-24-19-7-5-4-6-18(19)23-21(24)10-11-22-17(3)25/h4-9,14H,10-13H2,1-3H3,(H,22,25). The topological polar surface area (TPSA) is 56.2 Å². The predicted molar refractivity (Wildman–Crippen MR) is 104 cm³/mol. The van der Waals surface area contributed by atoms with E-state index in [-0.39, 0.29) is 5.91 Å². The van der Waals surface area contributed by atoms with E-state index in [2.05, 4.69) is 41.9 Å². The van der Waals surface area contributed by atoms with Crippen molar-refractivity contribution in [3.63, 3.8) is 0 Å². The Hall–Kier alpha value is -2.82. The molecule has 3 rings (SSSR count). The number of rotatable bonds is 7. The third-order valence-electron chi connectivity index (χ3n) is 4.36. The first-order valence-electron chi connectivity index (χ1n) is 8.93. The van der Waals surface area contributed by atoms with Crippen molar-refractivity contribution in [2.45, 2.75) is 33.7 Å². The van der Waals surface area contributed by atoms with Crippen molar-refractivity contribution in [3.05, 3.63) is 59.4 Å². The van der Waals surface area contributed by atoms with Gasteiger partial charge in [0.05, 0.1) is 17.6 Å². The van der Waals surface area contributed by atoms with E-state index < -0.39 is 0 Å². The summed E-state index contributed by atoms with van der Waals surface area (Å²) in [7, 11) is 0. The molecule has 0 atom stereocenters. The molecular weight excluding hydrogens is 326 g/mol. The average Bonchev–Trinajstić information content (AvgIpc) is 2.94. The van der Waals surface area contributed by atoms with Crippen molar-refractivity contribution in [2.24, 2.45) is 0 Å². The molecule has 1 amide bonds. The molecule has 0 radical (unpaired) electrons. The molecule has 5 heteroatoms. The van der Waals surface area contributed by atoms with Crippen LogP contribution in [0.5, 0.6) is 5.75 Å². The van der Waals surface area contributed by atoms with Gasteiger partial charge in [-0.15, -0.1) is 0 Å². The van der Waals surface area contributed by atoms with Crippen LogP contribution in [0.25, 0.3) is 11.0 Å². The number of carbonyl (C=O) groups is 1. The number of hydrogen-bond acceptors (Lipinski definition) is 3. The molecule has 0 fully saturated rings. The van der Waals surface area contributed by atoms with E-state index >= 15 is 0 Å². The Morgan fingerprint density at radius 1 is 1.19 bits per heavy atom. The number of nitrogens with one attached hydrogen (secondary N) is 1. The Balaban J connectivity index is 1.73. The second-order valence-corrected chi connectivity index (χ2v) is 6.52. The van der Waals surface area contributed by atoms with Gasteiger partial charge < -0.3 is 14.6 Å². The highest BCUT2D eigenvalue weighted by Gasteiger charge is 2.11. The van der Waals surface area contributed by atoms with Gasteiger partial charge >= 0.3 is 0 Å².